The standard InChI is InChI=1S/2C6H10O2.Cu/c2*1-3-5(2)4-6(7)8;/h2*4H,3H2,1-2H3,(H,7,8);. The van der Waals surface area contributed by atoms with Crippen molar-refractivity contribution in [1.82, 2.24) is 0 Å². The monoisotopic (exact) mass is 291 g/mol. The van der Waals surface area contributed by atoms with Gasteiger partial charge in [0.15, 0.2) is 0 Å². The summed E-state index contributed by atoms with van der Waals surface area (Å²) in [5.74, 6) is -1.71. The van der Waals surface area contributed by atoms with Crippen molar-refractivity contribution >= 4 is 11.9 Å². The summed E-state index contributed by atoms with van der Waals surface area (Å²) in [7, 11) is 0. The predicted octanol–water partition coefficient (Wildman–Crippen LogP) is 2.85. The van der Waals surface area contributed by atoms with Crippen molar-refractivity contribution in [2.45, 2.75) is 40.5 Å². The Morgan fingerprint density at radius 3 is 1.18 bits per heavy atom. The van der Waals surface area contributed by atoms with Crippen LogP contribution in [-0.4, -0.2) is 22.2 Å². The second kappa shape index (κ2) is 13.0. The number of carboxylic acid groups (broad SMARTS) is 2. The third-order valence-electron chi connectivity index (χ3n) is 1.86. The molecule has 0 saturated heterocycles. The summed E-state index contributed by atoms with van der Waals surface area (Å²) in [6, 6.07) is 0. The quantitative estimate of drug-likeness (QED) is 0.617. The maximum absolute atomic E-state index is 9.89. The minimum atomic E-state index is -0.857. The van der Waals surface area contributed by atoms with Gasteiger partial charge in [0.1, 0.15) is 0 Å². The van der Waals surface area contributed by atoms with E-state index in [1.807, 2.05) is 13.8 Å². The zero-order chi connectivity index (χ0) is 13.1. The van der Waals surface area contributed by atoms with E-state index in [0.29, 0.717) is 0 Å². The van der Waals surface area contributed by atoms with Gasteiger partial charge in [-0.3, -0.25) is 0 Å². The minimum Gasteiger partial charge on any atom is -0.478 e. The molecule has 0 amide bonds. The number of hydrogen-bond donors (Lipinski definition) is 2. The van der Waals surface area contributed by atoms with Gasteiger partial charge in [-0.15, -0.1) is 0 Å². The molecule has 0 heterocycles. The normalized spacial score (nSPS) is 10.8. The molecule has 0 aromatic carbocycles. The zero-order valence-corrected chi connectivity index (χ0v) is 11.5. The van der Waals surface area contributed by atoms with Gasteiger partial charge in [-0.05, 0) is 26.7 Å². The number of rotatable bonds is 4. The molecule has 4 nitrogen and oxygen atoms in total. The molecule has 0 rings (SSSR count). The minimum absolute atomic E-state index is 0. The molecule has 0 aliphatic carbocycles. The van der Waals surface area contributed by atoms with Gasteiger partial charge < -0.3 is 10.2 Å². The Kier molecular flexibility index (Phi) is 16.3. The Balaban J connectivity index is -0.000000218. The molecule has 0 saturated carbocycles. The van der Waals surface area contributed by atoms with Crippen molar-refractivity contribution < 1.29 is 36.9 Å². The Hall–Kier alpha value is -1.06. The summed E-state index contributed by atoms with van der Waals surface area (Å²) in [6.45, 7) is 7.45. The second-order valence-electron chi connectivity index (χ2n) is 3.36. The first-order valence-electron chi connectivity index (χ1n) is 5.13. The molecule has 0 aromatic rings. The third kappa shape index (κ3) is 20.9. The molecule has 2 N–H and O–H groups in total. The average molecular weight is 292 g/mol. The van der Waals surface area contributed by atoms with E-state index in [1.54, 1.807) is 13.8 Å². The van der Waals surface area contributed by atoms with E-state index in [9.17, 15) is 9.59 Å². The summed E-state index contributed by atoms with van der Waals surface area (Å²) in [5.41, 5.74) is 1.80. The number of carboxylic acids is 2. The zero-order valence-electron chi connectivity index (χ0n) is 10.6. The third-order valence-corrected chi connectivity index (χ3v) is 1.86. The van der Waals surface area contributed by atoms with Gasteiger partial charge in [0, 0.05) is 29.2 Å². The van der Waals surface area contributed by atoms with Crippen molar-refractivity contribution in [3.63, 3.8) is 0 Å². The van der Waals surface area contributed by atoms with E-state index < -0.39 is 11.9 Å². The Labute approximate surface area is 113 Å². The molecule has 0 aliphatic rings. The Bertz CT molecular complexity index is 263. The fraction of sp³-hybridized carbons (Fsp3) is 0.500. The van der Waals surface area contributed by atoms with Gasteiger partial charge in [-0.2, -0.15) is 0 Å². The van der Waals surface area contributed by atoms with Crippen LogP contribution >= 0.6 is 0 Å². The maximum Gasteiger partial charge on any atom is 0.328 e. The van der Waals surface area contributed by atoms with Crippen LogP contribution in [0.5, 0.6) is 0 Å². The molecular formula is C12H20CuO4. The SMILES string of the molecule is CCC(C)=CC(=O)O.CCC(C)=CC(=O)O.[Cu]. The number of aliphatic carboxylic acids is 2. The van der Waals surface area contributed by atoms with E-state index in [0.717, 1.165) is 24.0 Å². The van der Waals surface area contributed by atoms with Crippen LogP contribution in [0.4, 0.5) is 0 Å². The van der Waals surface area contributed by atoms with Gasteiger partial charge in [0.2, 0.25) is 0 Å². The summed E-state index contributed by atoms with van der Waals surface area (Å²) in [6.07, 6.45) is 4.07. The molecule has 17 heavy (non-hydrogen) atoms. The van der Waals surface area contributed by atoms with Crippen molar-refractivity contribution in [1.29, 1.82) is 0 Å². The first kappa shape index (κ1) is 21.2. The molecular weight excluding hydrogens is 272 g/mol. The van der Waals surface area contributed by atoms with Crippen LogP contribution in [0, 0.1) is 0 Å². The van der Waals surface area contributed by atoms with Gasteiger partial charge in [0.05, 0.1) is 0 Å². The molecule has 0 spiro atoms. The van der Waals surface area contributed by atoms with Gasteiger partial charge in [-0.25, -0.2) is 9.59 Å². The van der Waals surface area contributed by atoms with Crippen LogP contribution in [0.15, 0.2) is 23.3 Å². The molecule has 0 atom stereocenters. The second-order valence-corrected chi connectivity index (χ2v) is 3.36. The molecule has 0 aliphatic heterocycles. The summed E-state index contributed by atoms with van der Waals surface area (Å²) in [5, 5.41) is 16.3. The largest absolute Gasteiger partial charge is 0.478 e. The van der Waals surface area contributed by atoms with E-state index in [4.69, 9.17) is 10.2 Å². The molecule has 1 radical (unpaired) electrons. The molecule has 0 unspecified atom stereocenters. The van der Waals surface area contributed by atoms with Crippen LogP contribution in [0.2, 0.25) is 0 Å². The average Bonchev–Trinajstić information content (AvgIpc) is 2.16. The fourth-order valence-electron chi connectivity index (χ4n) is 0.626. The van der Waals surface area contributed by atoms with Gasteiger partial charge >= 0.3 is 11.9 Å². The van der Waals surface area contributed by atoms with Crippen LogP contribution in [0.25, 0.3) is 0 Å². The van der Waals surface area contributed by atoms with E-state index in [-0.39, 0.29) is 17.1 Å². The predicted molar refractivity (Wildman–Crippen MR) is 63.4 cm³/mol. The van der Waals surface area contributed by atoms with Crippen LogP contribution in [0.1, 0.15) is 40.5 Å². The summed E-state index contributed by atoms with van der Waals surface area (Å²) < 4.78 is 0. The summed E-state index contributed by atoms with van der Waals surface area (Å²) in [4.78, 5) is 19.8. The van der Waals surface area contributed by atoms with E-state index >= 15 is 0 Å². The maximum atomic E-state index is 9.89. The Morgan fingerprint density at radius 1 is 0.882 bits per heavy atom. The Morgan fingerprint density at radius 2 is 1.12 bits per heavy atom. The number of carbonyl (C=O) groups is 2. The van der Waals surface area contributed by atoms with Gasteiger partial charge in [0.25, 0.3) is 0 Å². The van der Waals surface area contributed by atoms with Gasteiger partial charge in [-0.1, -0.05) is 25.0 Å². The topological polar surface area (TPSA) is 74.6 Å². The van der Waals surface area contributed by atoms with Crippen LogP contribution in [-0.2, 0) is 26.7 Å². The van der Waals surface area contributed by atoms with Crippen molar-refractivity contribution in [3.05, 3.63) is 23.3 Å². The first-order chi connectivity index (χ1) is 7.33. The molecule has 103 valence electrons. The molecule has 5 heteroatoms. The van der Waals surface area contributed by atoms with Crippen molar-refractivity contribution in [2.75, 3.05) is 0 Å². The van der Waals surface area contributed by atoms with Crippen LogP contribution < -0.4 is 0 Å². The smallest absolute Gasteiger partial charge is 0.328 e. The van der Waals surface area contributed by atoms with Crippen molar-refractivity contribution in [3.8, 4) is 0 Å². The summed E-state index contributed by atoms with van der Waals surface area (Å²) >= 11 is 0. The van der Waals surface area contributed by atoms with E-state index in [2.05, 4.69) is 0 Å². The molecule has 0 aromatic heterocycles. The molecule has 0 fully saturated rings. The van der Waals surface area contributed by atoms with Crippen LogP contribution in [0.3, 0.4) is 0 Å². The van der Waals surface area contributed by atoms with E-state index in [1.165, 1.54) is 12.2 Å². The first-order valence-corrected chi connectivity index (χ1v) is 5.13. The fourth-order valence-corrected chi connectivity index (χ4v) is 0.626. The number of allylic oxidation sites excluding steroid dienone is 2. The number of hydrogen-bond acceptors (Lipinski definition) is 2. The van der Waals surface area contributed by atoms with Crippen molar-refractivity contribution in [2.24, 2.45) is 0 Å². The molecule has 0 bridgehead atoms.